The zero-order chi connectivity index (χ0) is 15.2. The van der Waals surface area contributed by atoms with Crippen LogP contribution in [-0.4, -0.2) is 37.3 Å². The van der Waals surface area contributed by atoms with Crippen molar-refractivity contribution in [3.63, 3.8) is 0 Å². The van der Waals surface area contributed by atoms with E-state index < -0.39 is 0 Å². The molecule has 1 atom stereocenters. The highest BCUT2D eigenvalue weighted by atomic mass is 79.9. The summed E-state index contributed by atoms with van der Waals surface area (Å²) in [7, 11) is 0. The van der Waals surface area contributed by atoms with Gasteiger partial charge in [0.15, 0.2) is 0 Å². The Morgan fingerprint density at radius 1 is 1.09 bits per heavy atom. The lowest BCUT2D eigenvalue weighted by Crippen LogP contribution is -2.44. The molecule has 3 rings (SSSR count). The van der Waals surface area contributed by atoms with Crippen molar-refractivity contribution < 1.29 is 9.47 Å². The fourth-order valence-corrected chi connectivity index (χ4v) is 3.01. The van der Waals surface area contributed by atoms with Crippen LogP contribution in [0.1, 0.15) is 5.56 Å². The second kappa shape index (κ2) is 7.77. The number of morpholine rings is 1. The van der Waals surface area contributed by atoms with E-state index in [0.29, 0.717) is 6.61 Å². The molecule has 2 aromatic rings. The molecule has 116 valence electrons. The zero-order valence-corrected chi connectivity index (χ0v) is 14.0. The van der Waals surface area contributed by atoms with E-state index in [4.69, 9.17) is 9.47 Å². The molecule has 1 heterocycles. The molecule has 2 aromatic carbocycles. The molecule has 0 aromatic heterocycles. The van der Waals surface area contributed by atoms with E-state index >= 15 is 0 Å². The van der Waals surface area contributed by atoms with E-state index in [9.17, 15) is 0 Å². The quantitative estimate of drug-likeness (QED) is 0.809. The van der Waals surface area contributed by atoms with Gasteiger partial charge < -0.3 is 9.47 Å². The number of hydrogen-bond acceptors (Lipinski definition) is 3. The van der Waals surface area contributed by atoms with E-state index in [-0.39, 0.29) is 6.10 Å². The van der Waals surface area contributed by atoms with E-state index in [1.807, 2.05) is 24.3 Å². The lowest BCUT2D eigenvalue weighted by atomic mass is 10.2. The predicted octanol–water partition coefficient (Wildman–Crippen LogP) is 3.73. The van der Waals surface area contributed by atoms with Crippen molar-refractivity contribution in [3.8, 4) is 5.75 Å². The van der Waals surface area contributed by atoms with Gasteiger partial charge in [-0.1, -0.05) is 42.5 Å². The highest BCUT2D eigenvalue weighted by Crippen LogP contribution is 2.24. The maximum absolute atomic E-state index is 5.88. The van der Waals surface area contributed by atoms with Crippen molar-refractivity contribution in [2.24, 2.45) is 0 Å². The van der Waals surface area contributed by atoms with Gasteiger partial charge in [-0.25, -0.2) is 0 Å². The van der Waals surface area contributed by atoms with Crippen LogP contribution in [0.15, 0.2) is 59.1 Å². The Morgan fingerprint density at radius 3 is 2.68 bits per heavy atom. The summed E-state index contributed by atoms with van der Waals surface area (Å²) in [5.74, 6) is 0.867. The summed E-state index contributed by atoms with van der Waals surface area (Å²) in [5.41, 5.74) is 1.34. The second-order valence-electron chi connectivity index (χ2n) is 5.45. The molecule has 0 spiro atoms. The molecule has 1 fully saturated rings. The third-order valence-corrected chi connectivity index (χ3v) is 4.39. The van der Waals surface area contributed by atoms with Crippen molar-refractivity contribution in [1.82, 2.24) is 4.90 Å². The van der Waals surface area contributed by atoms with Gasteiger partial charge in [-0.3, -0.25) is 4.90 Å². The third-order valence-electron chi connectivity index (χ3n) is 3.73. The van der Waals surface area contributed by atoms with Crippen LogP contribution in [0.3, 0.4) is 0 Å². The fourth-order valence-electron chi connectivity index (χ4n) is 2.61. The summed E-state index contributed by atoms with van der Waals surface area (Å²) in [6, 6.07) is 18.5. The Morgan fingerprint density at radius 2 is 1.86 bits per heavy atom. The van der Waals surface area contributed by atoms with Crippen molar-refractivity contribution in [3.05, 3.63) is 64.6 Å². The minimum atomic E-state index is 0.115. The smallest absolute Gasteiger partial charge is 0.133 e. The first-order valence-electron chi connectivity index (χ1n) is 7.56. The molecule has 0 bridgehead atoms. The van der Waals surface area contributed by atoms with Crippen molar-refractivity contribution >= 4 is 15.9 Å². The van der Waals surface area contributed by atoms with Crippen molar-refractivity contribution in [2.45, 2.75) is 12.6 Å². The minimum absolute atomic E-state index is 0.115. The Hall–Kier alpha value is -1.36. The summed E-state index contributed by atoms with van der Waals surface area (Å²) >= 11 is 3.50. The van der Waals surface area contributed by atoms with Crippen LogP contribution < -0.4 is 4.74 Å². The Balaban J connectivity index is 1.51. The molecule has 22 heavy (non-hydrogen) atoms. The SMILES string of the molecule is Brc1ccccc1OC[C@@H]1CN(Cc2ccccc2)CCO1. The Bertz CT molecular complexity index is 591. The molecule has 0 saturated carbocycles. The molecule has 0 radical (unpaired) electrons. The van der Waals surface area contributed by atoms with Crippen LogP contribution >= 0.6 is 15.9 Å². The van der Waals surface area contributed by atoms with E-state index in [1.54, 1.807) is 0 Å². The number of benzene rings is 2. The predicted molar refractivity (Wildman–Crippen MR) is 91.1 cm³/mol. The fraction of sp³-hybridized carbons (Fsp3) is 0.333. The van der Waals surface area contributed by atoms with Gasteiger partial charge in [-0.2, -0.15) is 0 Å². The zero-order valence-electron chi connectivity index (χ0n) is 12.5. The van der Waals surface area contributed by atoms with E-state index in [1.165, 1.54) is 5.56 Å². The van der Waals surface area contributed by atoms with Gasteiger partial charge in [0.2, 0.25) is 0 Å². The minimum Gasteiger partial charge on any atom is -0.490 e. The standard InChI is InChI=1S/C18H20BrNO2/c19-17-8-4-5-9-18(17)22-14-16-13-20(10-11-21-16)12-15-6-2-1-3-7-15/h1-9,16H,10-14H2/t16-/m0/s1. The van der Waals surface area contributed by atoms with E-state index in [2.05, 4.69) is 51.2 Å². The topological polar surface area (TPSA) is 21.7 Å². The maximum atomic E-state index is 5.88. The molecule has 1 aliphatic rings. The maximum Gasteiger partial charge on any atom is 0.133 e. The summed E-state index contributed by atoms with van der Waals surface area (Å²) in [4.78, 5) is 2.42. The average molecular weight is 362 g/mol. The highest BCUT2D eigenvalue weighted by Gasteiger charge is 2.21. The van der Waals surface area contributed by atoms with Gasteiger partial charge in [0, 0.05) is 19.6 Å². The first-order valence-corrected chi connectivity index (χ1v) is 8.36. The normalized spacial score (nSPS) is 19.0. The van der Waals surface area contributed by atoms with Gasteiger partial charge in [0.1, 0.15) is 18.5 Å². The lowest BCUT2D eigenvalue weighted by molar-refractivity contribution is -0.0505. The Kier molecular flexibility index (Phi) is 5.48. The number of rotatable bonds is 5. The lowest BCUT2D eigenvalue weighted by Gasteiger charge is -2.32. The number of hydrogen-bond donors (Lipinski definition) is 0. The van der Waals surface area contributed by atoms with Crippen LogP contribution in [0.4, 0.5) is 0 Å². The summed E-state index contributed by atoms with van der Waals surface area (Å²) in [6.45, 7) is 4.18. The summed E-state index contributed by atoms with van der Waals surface area (Å²) < 4.78 is 12.7. The van der Waals surface area contributed by atoms with Crippen molar-refractivity contribution in [1.29, 1.82) is 0 Å². The first-order chi connectivity index (χ1) is 10.8. The molecule has 3 nitrogen and oxygen atoms in total. The van der Waals surface area contributed by atoms with Gasteiger partial charge in [0.25, 0.3) is 0 Å². The Labute approximate surface area is 140 Å². The molecule has 0 amide bonds. The summed E-state index contributed by atoms with van der Waals surface area (Å²) in [6.07, 6.45) is 0.115. The molecule has 4 heteroatoms. The molecule has 1 saturated heterocycles. The van der Waals surface area contributed by atoms with Crippen molar-refractivity contribution in [2.75, 3.05) is 26.3 Å². The molecule has 0 aliphatic carbocycles. The molecular weight excluding hydrogens is 342 g/mol. The number of para-hydroxylation sites is 1. The van der Waals surface area contributed by atoms with Crippen LogP contribution in [-0.2, 0) is 11.3 Å². The number of halogens is 1. The molecule has 1 aliphatic heterocycles. The second-order valence-corrected chi connectivity index (χ2v) is 6.31. The van der Waals surface area contributed by atoms with E-state index in [0.717, 1.165) is 36.5 Å². The van der Waals surface area contributed by atoms with Gasteiger partial charge in [-0.05, 0) is 33.6 Å². The average Bonchev–Trinajstić information content (AvgIpc) is 2.55. The van der Waals surface area contributed by atoms with Crippen LogP contribution in [0.2, 0.25) is 0 Å². The monoisotopic (exact) mass is 361 g/mol. The largest absolute Gasteiger partial charge is 0.490 e. The van der Waals surface area contributed by atoms with Gasteiger partial charge >= 0.3 is 0 Å². The molecule has 0 unspecified atom stereocenters. The van der Waals surface area contributed by atoms with Gasteiger partial charge in [0.05, 0.1) is 11.1 Å². The van der Waals surface area contributed by atoms with Crippen LogP contribution in [0, 0.1) is 0 Å². The number of ether oxygens (including phenoxy) is 2. The van der Waals surface area contributed by atoms with Crippen LogP contribution in [0.5, 0.6) is 5.75 Å². The molecular formula is C18H20BrNO2. The summed E-state index contributed by atoms with van der Waals surface area (Å²) in [5, 5.41) is 0. The number of nitrogens with zero attached hydrogens (tertiary/aromatic N) is 1. The first kappa shape index (κ1) is 15.5. The molecule has 0 N–H and O–H groups in total. The third kappa shape index (κ3) is 4.32. The van der Waals surface area contributed by atoms with Crippen LogP contribution in [0.25, 0.3) is 0 Å². The van der Waals surface area contributed by atoms with Gasteiger partial charge in [-0.15, -0.1) is 0 Å². The highest BCUT2D eigenvalue weighted by molar-refractivity contribution is 9.10.